The Balaban J connectivity index is 1.84. The number of nitrogens with zero attached hydrogens (tertiary/aromatic N) is 3. The highest BCUT2D eigenvalue weighted by Gasteiger charge is 2.26. The van der Waals surface area contributed by atoms with Crippen LogP contribution in [0.25, 0.3) is 10.9 Å². The van der Waals surface area contributed by atoms with Gasteiger partial charge in [-0.15, -0.1) is 6.58 Å². The first kappa shape index (κ1) is 15.5. The smallest absolute Gasteiger partial charge is 0.339 e. The van der Waals surface area contributed by atoms with Crippen molar-refractivity contribution in [2.24, 2.45) is 0 Å². The third-order valence-corrected chi connectivity index (χ3v) is 4.30. The number of esters is 1. The lowest BCUT2D eigenvalue weighted by Crippen LogP contribution is -2.46. The fourth-order valence-electron chi connectivity index (χ4n) is 2.55. The van der Waals surface area contributed by atoms with Crippen LogP contribution in [0.15, 0.2) is 37.2 Å². The molecule has 0 bridgehead atoms. The zero-order valence-electron chi connectivity index (χ0n) is 13.5. The number of ether oxygens (including phenoxy) is 1. The van der Waals surface area contributed by atoms with Crippen LogP contribution in [0.3, 0.4) is 0 Å². The van der Waals surface area contributed by atoms with Crippen LogP contribution in [0.2, 0.25) is 0 Å². The molecule has 3 heterocycles. The van der Waals surface area contributed by atoms with Crippen LogP contribution in [0, 0.1) is 0 Å². The number of hydrogen-bond acceptors (Lipinski definition) is 5. The Kier molecular flexibility index (Phi) is 4.28. The van der Waals surface area contributed by atoms with E-state index < -0.39 is 0 Å². The average molecular weight is 311 g/mol. The Bertz CT molecular complexity index is 744. The third-order valence-electron chi connectivity index (χ3n) is 4.30. The van der Waals surface area contributed by atoms with Crippen molar-refractivity contribution in [2.45, 2.75) is 38.8 Å². The zero-order valence-corrected chi connectivity index (χ0v) is 13.5. The van der Waals surface area contributed by atoms with Gasteiger partial charge in [-0.2, -0.15) is 0 Å². The Hall–Kier alpha value is -2.43. The van der Waals surface area contributed by atoms with E-state index in [4.69, 9.17) is 4.74 Å². The van der Waals surface area contributed by atoms with E-state index >= 15 is 0 Å². The van der Waals surface area contributed by atoms with Crippen LogP contribution in [0.1, 0.15) is 37.0 Å². The molecule has 1 fully saturated rings. The molecule has 0 N–H and O–H groups in total. The van der Waals surface area contributed by atoms with Gasteiger partial charge < -0.3 is 9.64 Å². The summed E-state index contributed by atoms with van der Waals surface area (Å²) < 4.78 is 5.33. The van der Waals surface area contributed by atoms with Crippen LogP contribution in [-0.2, 0) is 4.74 Å². The Morgan fingerprint density at radius 3 is 2.96 bits per heavy atom. The molecule has 0 aromatic carbocycles. The summed E-state index contributed by atoms with van der Waals surface area (Å²) in [6, 6.07) is 4.09. The molecule has 5 nitrogen and oxygen atoms in total. The van der Waals surface area contributed by atoms with Crippen molar-refractivity contribution >= 4 is 22.7 Å². The third kappa shape index (κ3) is 3.04. The van der Waals surface area contributed by atoms with Crippen LogP contribution in [0.4, 0.5) is 5.82 Å². The van der Waals surface area contributed by atoms with Crippen molar-refractivity contribution in [3.8, 4) is 0 Å². The van der Waals surface area contributed by atoms with Gasteiger partial charge in [-0.3, -0.25) is 4.98 Å². The zero-order chi connectivity index (χ0) is 16.4. The molecule has 120 valence electrons. The topological polar surface area (TPSA) is 55.3 Å². The van der Waals surface area contributed by atoms with Crippen molar-refractivity contribution in [3.63, 3.8) is 0 Å². The number of carbonyl (C=O) groups is 1. The number of carbonyl (C=O) groups excluding carboxylic acids is 1. The number of hydrogen-bond donors (Lipinski definition) is 0. The van der Waals surface area contributed by atoms with Gasteiger partial charge in [-0.25, -0.2) is 9.78 Å². The SMILES string of the molecule is C=C[C@H]1CCN1c1cc2ncc(C(=O)OC(C)CC)cc2cn1. The van der Waals surface area contributed by atoms with Crippen molar-refractivity contribution < 1.29 is 9.53 Å². The lowest BCUT2D eigenvalue weighted by molar-refractivity contribution is 0.0334. The van der Waals surface area contributed by atoms with Crippen molar-refractivity contribution in [1.82, 2.24) is 9.97 Å². The molecule has 1 unspecified atom stereocenters. The van der Waals surface area contributed by atoms with E-state index in [0.29, 0.717) is 11.6 Å². The summed E-state index contributed by atoms with van der Waals surface area (Å²) in [7, 11) is 0. The Morgan fingerprint density at radius 2 is 2.30 bits per heavy atom. The lowest BCUT2D eigenvalue weighted by atomic mass is 10.0. The first-order valence-electron chi connectivity index (χ1n) is 7.98. The van der Waals surface area contributed by atoms with E-state index in [2.05, 4.69) is 21.4 Å². The molecule has 0 spiro atoms. The van der Waals surface area contributed by atoms with E-state index in [-0.39, 0.29) is 12.1 Å². The summed E-state index contributed by atoms with van der Waals surface area (Å²) in [5, 5.41) is 0.836. The van der Waals surface area contributed by atoms with E-state index in [1.54, 1.807) is 18.5 Å². The van der Waals surface area contributed by atoms with Crippen LogP contribution in [-0.4, -0.2) is 34.6 Å². The molecule has 2 atom stereocenters. The summed E-state index contributed by atoms with van der Waals surface area (Å²) in [4.78, 5) is 23.1. The molecule has 2 aromatic rings. The van der Waals surface area contributed by atoms with Crippen LogP contribution >= 0.6 is 0 Å². The fraction of sp³-hybridized carbons (Fsp3) is 0.389. The average Bonchev–Trinajstić information content (AvgIpc) is 2.53. The van der Waals surface area contributed by atoms with Gasteiger partial charge in [0.1, 0.15) is 5.82 Å². The molecule has 0 amide bonds. The molecule has 1 aliphatic heterocycles. The molecule has 3 rings (SSSR count). The highest BCUT2D eigenvalue weighted by atomic mass is 16.5. The quantitative estimate of drug-likeness (QED) is 0.626. The van der Waals surface area contributed by atoms with Crippen LogP contribution < -0.4 is 4.90 Å². The fourth-order valence-corrected chi connectivity index (χ4v) is 2.55. The summed E-state index contributed by atoms with van der Waals surface area (Å²) in [5.74, 6) is 0.559. The summed E-state index contributed by atoms with van der Waals surface area (Å²) in [5.41, 5.74) is 1.28. The van der Waals surface area contributed by atoms with E-state index in [1.165, 1.54) is 0 Å². The normalized spacial score (nSPS) is 18.3. The molecule has 1 saturated heterocycles. The van der Waals surface area contributed by atoms with Gasteiger partial charge in [0, 0.05) is 30.4 Å². The van der Waals surface area contributed by atoms with Gasteiger partial charge in [-0.1, -0.05) is 13.0 Å². The van der Waals surface area contributed by atoms with Gasteiger partial charge in [0.2, 0.25) is 0 Å². The number of anilines is 1. The molecular weight excluding hydrogens is 290 g/mol. The maximum atomic E-state index is 12.1. The largest absolute Gasteiger partial charge is 0.459 e. The van der Waals surface area contributed by atoms with Crippen LogP contribution in [0.5, 0.6) is 0 Å². The van der Waals surface area contributed by atoms with Crippen molar-refractivity contribution in [1.29, 1.82) is 0 Å². The van der Waals surface area contributed by atoms with Gasteiger partial charge in [0.15, 0.2) is 0 Å². The van der Waals surface area contributed by atoms with Gasteiger partial charge in [0.25, 0.3) is 0 Å². The second-order valence-electron chi connectivity index (χ2n) is 5.87. The number of aromatic nitrogens is 2. The molecule has 5 heteroatoms. The summed E-state index contributed by atoms with van der Waals surface area (Å²) >= 11 is 0. The molecule has 0 radical (unpaired) electrons. The minimum atomic E-state index is -0.340. The molecule has 0 saturated carbocycles. The highest BCUT2D eigenvalue weighted by Crippen LogP contribution is 2.27. The van der Waals surface area contributed by atoms with Crippen molar-refractivity contribution in [2.75, 3.05) is 11.4 Å². The van der Waals surface area contributed by atoms with Gasteiger partial charge in [0.05, 0.1) is 23.2 Å². The Morgan fingerprint density at radius 1 is 1.48 bits per heavy atom. The van der Waals surface area contributed by atoms with Gasteiger partial charge >= 0.3 is 5.97 Å². The summed E-state index contributed by atoms with van der Waals surface area (Å²) in [6.45, 7) is 8.69. The van der Waals surface area contributed by atoms with Crippen molar-refractivity contribution in [3.05, 3.63) is 42.7 Å². The minimum Gasteiger partial charge on any atom is -0.459 e. The maximum absolute atomic E-state index is 12.1. The number of rotatable bonds is 5. The number of fused-ring (bicyclic) bond motifs is 1. The molecule has 0 aliphatic carbocycles. The predicted octanol–water partition coefficient (Wildman–Crippen LogP) is 3.35. The molecular formula is C18H21N3O2. The first-order valence-corrected chi connectivity index (χ1v) is 7.98. The van der Waals surface area contributed by atoms with E-state index in [0.717, 1.165) is 36.1 Å². The highest BCUT2D eigenvalue weighted by molar-refractivity contribution is 5.94. The monoisotopic (exact) mass is 311 g/mol. The standard InChI is InChI=1S/C18H21N3O2/c1-4-12(3)23-18(22)14-8-13-10-20-17(9-16(13)19-11-14)21-7-6-15(21)5-2/h5,8-12,15H,2,4,6-7H2,1,3H3/t12?,15-/m0/s1. The number of pyridine rings is 2. The molecule has 1 aliphatic rings. The first-order chi connectivity index (χ1) is 11.1. The lowest BCUT2D eigenvalue weighted by Gasteiger charge is -2.40. The Labute approximate surface area is 136 Å². The summed E-state index contributed by atoms with van der Waals surface area (Å²) in [6.07, 6.45) is 7.07. The minimum absolute atomic E-state index is 0.0963. The molecule has 2 aromatic heterocycles. The predicted molar refractivity (Wildman–Crippen MR) is 90.7 cm³/mol. The second kappa shape index (κ2) is 6.36. The van der Waals surface area contributed by atoms with Gasteiger partial charge in [-0.05, 0) is 25.8 Å². The second-order valence-corrected chi connectivity index (χ2v) is 5.87. The van der Waals surface area contributed by atoms with E-state index in [1.807, 2.05) is 26.0 Å². The maximum Gasteiger partial charge on any atom is 0.339 e. The van der Waals surface area contributed by atoms with E-state index in [9.17, 15) is 4.79 Å². The molecule has 23 heavy (non-hydrogen) atoms.